The number of benzene rings is 1. The summed E-state index contributed by atoms with van der Waals surface area (Å²) < 4.78 is 0. The van der Waals surface area contributed by atoms with E-state index in [0.717, 1.165) is 18.4 Å². The molecule has 0 saturated heterocycles. The highest BCUT2D eigenvalue weighted by Gasteiger charge is 2.38. The summed E-state index contributed by atoms with van der Waals surface area (Å²) in [5, 5.41) is 9.18. The molecule has 130 valence electrons. The minimum absolute atomic E-state index is 0.0310. The van der Waals surface area contributed by atoms with Crippen LogP contribution in [-0.4, -0.2) is 51.3 Å². The second kappa shape index (κ2) is 7.95. The number of hydrogen-bond donors (Lipinski definition) is 1. The first kappa shape index (κ1) is 18.0. The highest BCUT2D eigenvalue weighted by Crippen LogP contribution is 2.29. The Kier molecular flexibility index (Phi) is 5.95. The molecule has 1 atom stereocenters. The van der Waals surface area contributed by atoms with Crippen LogP contribution < -0.4 is 0 Å². The van der Waals surface area contributed by atoms with E-state index in [2.05, 4.69) is 0 Å². The Bertz CT molecular complexity index is 598. The van der Waals surface area contributed by atoms with E-state index in [-0.39, 0.29) is 24.3 Å². The van der Waals surface area contributed by atoms with E-state index >= 15 is 0 Å². The summed E-state index contributed by atoms with van der Waals surface area (Å²) in [4.78, 5) is 38.6. The van der Waals surface area contributed by atoms with E-state index in [4.69, 9.17) is 0 Å². The van der Waals surface area contributed by atoms with Crippen molar-refractivity contribution in [1.29, 1.82) is 0 Å². The largest absolute Gasteiger partial charge is 0.480 e. The Hall–Kier alpha value is -2.37. The molecule has 1 unspecified atom stereocenters. The van der Waals surface area contributed by atoms with Crippen LogP contribution in [0, 0.1) is 0 Å². The monoisotopic (exact) mass is 332 g/mol. The zero-order valence-electron chi connectivity index (χ0n) is 14.1. The van der Waals surface area contributed by atoms with Gasteiger partial charge in [-0.05, 0) is 25.3 Å². The van der Waals surface area contributed by atoms with Gasteiger partial charge in [0.25, 0.3) is 0 Å². The van der Waals surface area contributed by atoms with Gasteiger partial charge in [-0.1, -0.05) is 30.3 Å². The fraction of sp³-hybridized carbons (Fsp3) is 0.500. The van der Waals surface area contributed by atoms with Gasteiger partial charge in [0.1, 0.15) is 6.04 Å². The Labute approximate surface area is 142 Å². The van der Waals surface area contributed by atoms with Crippen molar-refractivity contribution in [2.24, 2.45) is 0 Å². The second-order valence-corrected chi connectivity index (χ2v) is 6.22. The third kappa shape index (κ3) is 4.81. The molecular formula is C18H24N2O4. The summed E-state index contributed by atoms with van der Waals surface area (Å²) >= 11 is 0. The van der Waals surface area contributed by atoms with Gasteiger partial charge in [-0.2, -0.15) is 0 Å². The topological polar surface area (TPSA) is 77.9 Å². The summed E-state index contributed by atoms with van der Waals surface area (Å²) in [6.07, 6.45) is 1.84. The van der Waals surface area contributed by atoms with Crippen molar-refractivity contribution in [3.8, 4) is 0 Å². The third-order valence-electron chi connectivity index (χ3n) is 4.26. The molecule has 1 aromatic carbocycles. The Balaban J connectivity index is 1.96. The maximum atomic E-state index is 12.5. The lowest BCUT2D eigenvalue weighted by Crippen LogP contribution is -2.45. The van der Waals surface area contributed by atoms with Crippen LogP contribution in [0.15, 0.2) is 30.3 Å². The van der Waals surface area contributed by atoms with Crippen molar-refractivity contribution < 1.29 is 19.5 Å². The third-order valence-corrected chi connectivity index (χ3v) is 4.26. The molecule has 1 aromatic rings. The van der Waals surface area contributed by atoms with Gasteiger partial charge in [0.2, 0.25) is 11.8 Å². The first-order chi connectivity index (χ1) is 11.4. The van der Waals surface area contributed by atoms with Gasteiger partial charge < -0.3 is 14.9 Å². The van der Waals surface area contributed by atoms with Crippen LogP contribution in [0.3, 0.4) is 0 Å². The van der Waals surface area contributed by atoms with E-state index in [1.807, 2.05) is 30.3 Å². The molecule has 1 aliphatic rings. The molecule has 24 heavy (non-hydrogen) atoms. The Morgan fingerprint density at radius 2 is 1.83 bits per heavy atom. The fourth-order valence-electron chi connectivity index (χ4n) is 2.72. The van der Waals surface area contributed by atoms with Crippen molar-refractivity contribution in [1.82, 2.24) is 9.80 Å². The van der Waals surface area contributed by atoms with Gasteiger partial charge in [0.05, 0.1) is 0 Å². The van der Waals surface area contributed by atoms with Gasteiger partial charge in [-0.15, -0.1) is 0 Å². The molecule has 1 saturated carbocycles. The van der Waals surface area contributed by atoms with Crippen molar-refractivity contribution in [2.45, 2.75) is 51.7 Å². The van der Waals surface area contributed by atoms with Crippen molar-refractivity contribution in [3.63, 3.8) is 0 Å². The molecule has 2 rings (SSSR count). The molecule has 0 spiro atoms. The zero-order chi connectivity index (χ0) is 17.7. The number of carbonyl (C=O) groups excluding carboxylic acids is 2. The number of nitrogens with zero attached hydrogens (tertiary/aromatic N) is 2. The molecular weight excluding hydrogens is 308 g/mol. The molecule has 0 aromatic heterocycles. The average Bonchev–Trinajstić information content (AvgIpc) is 3.36. The number of carbonyl (C=O) groups is 3. The van der Waals surface area contributed by atoms with Crippen molar-refractivity contribution >= 4 is 17.8 Å². The van der Waals surface area contributed by atoms with Gasteiger partial charge >= 0.3 is 5.97 Å². The average molecular weight is 332 g/mol. The molecule has 2 amide bonds. The Morgan fingerprint density at radius 3 is 2.33 bits per heavy atom. The second-order valence-electron chi connectivity index (χ2n) is 6.22. The first-order valence-electron chi connectivity index (χ1n) is 8.23. The normalized spacial score (nSPS) is 14.8. The number of aliphatic carboxylic acids is 1. The highest BCUT2D eigenvalue weighted by molar-refractivity contribution is 5.84. The molecule has 0 aliphatic heterocycles. The number of carboxylic acid groups (broad SMARTS) is 1. The van der Waals surface area contributed by atoms with Gasteiger partial charge in [0, 0.05) is 32.5 Å². The summed E-state index contributed by atoms with van der Waals surface area (Å²) in [6, 6.07) is 8.78. The molecule has 6 heteroatoms. The maximum absolute atomic E-state index is 12.5. The van der Waals surface area contributed by atoms with Crippen LogP contribution in [0.4, 0.5) is 0 Å². The Morgan fingerprint density at radius 1 is 1.21 bits per heavy atom. The predicted octanol–water partition coefficient (Wildman–Crippen LogP) is 1.89. The van der Waals surface area contributed by atoms with Crippen LogP contribution in [0.2, 0.25) is 0 Å². The minimum Gasteiger partial charge on any atom is -0.480 e. The van der Waals surface area contributed by atoms with Crippen LogP contribution >= 0.6 is 0 Å². The quantitative estimate of drug-likeness (QED) is 0.788. The van der Waals surface area contributed by atoms with Crippen molar-refractivity contribution in [3.05, 3.63) is 35.9 Å². The summed E-state index contributed by atoms with van der Waals surface area (Å²) in [5.41, 5.74) is 0.998. The number of carboxylic acids is 1. The lowest BCUT2D eigenvalue weighted by molar-refractivity contribution is -0.150. The summed E-state index contributed by atoms with van der Waals surface area (Å²) in [6.45, 7) is 3.75. The van der Waals surface area contributed by atoms with Crippen LogP contribution in [0.1, 0.15) is 38.7 Å². The summed E-state index contributed by atoms with van der Waals surface area (Å²) in [7, 11) is 0. The van der Waals surface area contributed by atoms with Crippen LogP contribution in [0.5, 0.6) is 0 Å². The molecule has 1 fully saturated rings. The number of amides is 2. The standard InChI is InChI=1S/C18H24N2O4/c1-13(18(23)24)20(16-8-9-16)17(22)10-11-19(14(2)21)12-15-6-4-3-5-7-15/h3-7,13,16H,8-12H2,1-2H3,(H,23,24). The van der Waals surface area contributed by atoms with Crippen LogP contribution in [-0.2, 0) is 20.9 Å². The highest BCUT2D eigenvalue weighted by atomic mass is 16.4. The van der Waals surface area contributed by atoms with Crippen molar-refractivity contribution in [2.75, 3.05) is 6.54 Å². The van der Waals surface area contributed by atoms with E-state index in [1.54, 1.807) is 4.90 Å². The lowest BCUT2D eigenvalue weighted by Gasteiger charge is -2.28. The zero-order valence-corrected chi connectivity index (χ0v) is 14.1. The minimum atomic E-state index is -0.997. The number of hydrogen-bond acceptors (Lipinski definition) is 3. The predicted molar refractivity (Wildman–Crippen MR) is 89.1 cm³/mol. The molecule has 1 aliphatic carbocycles. The first-order valence-corrected chi connectivity index (χ1v) is 8.23. The smallest absolute Gasteiger partial charge is 0.326 e. The molecule has 1 N–H and O–H groups in total. The molecule has 6 nitrogen and oxygen atoms in total. The lowest BCUT2D eigenvalue weighted by atomic mass is 10.2. The SMILES string of the molecule is CC(=O)N(CCC(=O)N(C1CC1)C(C)C(=O)O)Cc1ccccc1. The van der Waals surface area contributed by atoms with E-state index in [9.17, 15) is 19.5 Å². The summed E-state index contributed by atoms with van der Waals surface area (Å²) in [5.74, 6) is -1.30. The van der Waals surface area contributed by atoms with Crippen LogP contribution in [0.25, 0.3) is 0 Å². The van der Waals surface area contributed by atoms with E-state index in [1.165, 1.54) is 18.7 Å². The maximum Gasteiger partial charge on any atom is 0.326 e. The van der Waals surface area contributed by atoms with Gasteiger partial charge in [-0.3, -0.25) is 9.59 Å². The molecule has 0 bridgehead atoms. The van der Waals surface area contributed by atoms with Gasteiger partial charge in [0.15, 0.2) is 0 Å². The van der Waals surface area contributed by atoms with E-state index < -0.39 is 12.0 Å². The number of rotatable bonds is 8. The molecule has 0 radical (unpaired) electrons. The molecule has 0 heterocycles. The fourth-order valence-corrected chi connectivity index (χ4v) is 2.72. The van der Waals surface area contributed by atoms with Gasteiger partial charge in [-0.25, -0.2) is 4.79 Å². The van der Waals surface area contributed by atoms with E-state index in [0.29, 0.717) is 13.1 Å².